The lowest BCUT2D eigenvalue weighted by Crippen LogP contribution is -2.35. The van der Waals surface area contributed by atoms with Crippen LogP contribution in [0.15, 0.2) is 48.5 Å². The van der Waals surface area contributed by atoms with Gasteiger partial charge in [-0.15, -0.1) is 0 Å². The van der Waals surface area contributed by atoms with E-state index < -0.39 is 6.10 Å². The Hall–Kier alpha value is -2.49. The number of nitrogens with zero attached hydrogens (tertiary/aromatic N) is 1. The largest absolute Gasteiger partial charge is 0.481 e. The summed E-state index contributed by atoms with van der Waals surface area (Å²) in [5.41, 5.74) is 3.62. The normalized spacial score (nSPS) is 12.4. The molecule has 152 valence electrons. The van der Waals surface area contributed by atoms with Gasteiger partial charge in [0.05, 0.1) is 0 Å². The molecule has 2 aromatic rings. The van der Waals surface area contributed by atoms with Crippen LogP contribution in [0.3, 0.4) is 0 Å². The summed E-state index contributed by atoms with van der Waals surface area (Å²) in [5.74, 6) is 0.590. The topological polar surface area (TPSA) is 41.6 Å². The highest BCUT2D eigenvalue weighted by atomic mass is 16.5. The number of carbonyl (C=O) groups excluding carboxylic acids is 1. The van der Waals surface area contributed by atoms with Gasteiger partial charge in [0.2, 0.25) is 0 Å². The Morgan fingerprint density at radius 2 is 1.57 bits per heavy atom. The predicted molar refractivity (Wildman–Crippen MR) is 117 cm³/mol. The summed E-state index contributed by atoms with van der Waals surface area (Å²) in [4.78, 5) is 14.7. The van der Waals surface area contributed by atoms with Gasteiger partial charge in [-0.05, 0) is 61.6 Å². The van der Waals surface area contributed by atoms with Crippen molar-refractivity contribution in [2.45, 2.75) is 59.6 Å². The van der Waals surface area contributed by atoms with E-state index in [1.54, 1.807) is 6.92 Å². The maximum absolute atomic E-state index is 12.4. The molecule has 0 aromatic heterocycles. The van der Waals surface area contributed by atoms with Crippen molar-refractivity contribution in [2.75, 3.05) is 18.0 Å². The molecule has 0 spiro atoms. The molecule has 0 aliphatic rings. The van der Waals surface area contributed by atoms with Gasteiger partial charge in [-0.25, -0.2) is 0 Å². The first-order valence-electron chi connectivity index (χ1n) is 10.1. The molecule has 2 rings (SSSR count). The third-order valence-corrected chi connectivity index (χ3v) is 4.93. The number of nitrogens with one attached hydrogen (secondary N) is 1. The number of anilines is 1. The molecule has 0 bridgehead atoms. The number of ether oxygens (including phenoxy) is 1. The van der Waals surface area contributed by atoms with E-state index in [9.17, 15) is 4.79 Å². The number of rotatable bonds is 8. The predicted octanol–water partition coefficient (Wildman–Crippen LogP) is 4.91. The average Bonchev–Trinajstić information content (AvgIpc) is 2.67. The van der Waals surface area contributed by atoms with Gasteiger partial charge in [0, 0.05) is 25.3 Å². The molecule has 1 amide bonds. The summed E-state index contributed by atoms with van der Waals surface area (Å²) in [6.45, 7) is 15.1. The van der Waals surface area contributed by atoms with Gasteiger partial charge >= 0.3 is 0 Å². The molecule has 4 heteroatoms. The zero-order valence-electron chi connectivity index (χ0n) is 18.1. The van der Waals surface area contributed by atoms with Crippen molar-refractivity contribution in [1.82, 2.24) is 5.32 Å². The Morgan fingerprint density at radius 3 is 2.07 bits per heavy atom. The average molecular weight is 383 g/mol. The Balaban J connectivity index is 1.87. The summed E-state index contributed by atoms with van der Waals surface area (Å²) in [6.07, 6.45) is -0.546. The van der Waals surface area contributed by atoms with Crippen LogP contribution in [0.25, 0.3) is 0 Å². The fraction of sp³-hybridized carbons (Fsp3) is 0.458. The highest BCUT2D eigenvalue weighted by Crippen LogP contribution is 2.24. The first-order valence-corrected chi connectivity index (χ1v) is 10.1. The van der Waals surface area contributed by atoms with Crippen molar-refractivity contribution < 1.29 is 9.53 Å². The molecule has 28 heavy (non-hydrogen) atoms. The molecule has 2 aromatic carbocycles. The molecule has 0 fully saturated rings. The first-order chi connectivity index (χ1) is 13.2. The van der Waals surface area contributed by atoms with Gasteiger partial charge in [-0.2, -0.15) is 0 Å². The van der Waals surface area contributed by atoms with E-state index in [0.717, 1.165) is 18.7 Å². The standard InChI is InChI=1S/C24H34N2O2/c1-7-26(8-2)21-13-9-19(10-14-21)17-25-23(27)18(3)28-22-15-11-20(12-16-22)24(4,5)6/h9-16,18H,7-8,17H2,1-6H3,(H,25,27). The third-order valence-electron chi connectivity index (χ3n) is 4.93. The van der Waals surface area contributed by atoms with Crippen molar-refractivity contribution in [3.8, 4) is 5.75 Å². The Morgan fingerprint density at radius 1 is 1.00 bits per heavy atom. The maximum Gasteiger partial charge on any atom is 0.261 e. The fourth-order valence-corrected chi connectivity index (χ4v) is 3.04. The first kappa shape index (κ1) is 21.8. The van der Waals surface area contributed by atoms with Gasteiger partial charge in [-0.3, -0.25) is 4.79 Å². The van der Waals surface area contributed by atoms with Crippen LogP contribution in [0.5, 0.6) is 5.75 Å². The SMILES string of the molecule is CCN(CC)c1ccc(CNC(=O)C(C)Oc2ccc(C(C)(C)C)cc2)cc1. The second kappa shape index (κ2) is 9.63. The van der Waals surface area contributed by atoms with E-state index in [0.29, 0.717) is 12.3 Å². The minimum Gasteiger partial charge on any atom is -0.481 e. The van der Waals surface area contributed by atoms with Crippen molar-refractivity contribution in [2.24, 2.45) is 0 Å². The molecule has 4 nitrogen and oxygen atoms in total. The summed E-state index contributed by atoms with van der Waals surface area (Å²) < 4.78 is 5.79. The number of hydrogen-bond acceptors (Lipinski definition) is 3. The number of carbonyl (C=O) groups is 1. The monoisotopic (exact) mass is 382 g/mol. The molecule has 1 N–H and O–H groups in total. The third kappa shape index (κ3) is 6.01. The molecule has 0 heterocycles. The molecular weight excluding hydrogens is 348 g/mol. The van der Waals surface area contributed by atoms with Gasteiger partial charge in [0.1, 0.15) is 5.75 Å². The zero-order valence-corrected chi connectivity index (χ0v) is 18.1. The molecule has 0 saturated carbocycles. The summed E-state index contributed by atoms with van der Waals surface area (Å²) in [5, 5.41) is 2.95. The Labute approximate surface area is 169 Å². The highest BCUT2D eigenvalue weighted by molar-refractivity contribution is 5.80. The van der Waals surface area contributed by atoms with Crippen LogP contribution in [0.1, 0.15) is 52.7 Å². The minimum absolute atomic E-state index is 0.0996. The van der Waals surface area contributed by atoms with Gasteiger partial charge in [0.15, 0.2) is 6.10 Å². The minimum atomic E-state index is -0.546. The lowest BCUT2D eigenvalue weighted by molar-refractivity contribution is -0.127. The molecule has 0 radical (unpaired) electrons. The van der Waals surface area contributed by atoms with Crippen LogP contribution in [0.4, 0.5) is 5.69 Å². The number of hydrogen-bond donors (Lipinski definition) is 1. The van der Waals surface area contributed by atoms with E-state index in [2.05, 4.69) is 81.2 Å². The zero-order chi connectivity index (χ0) is 20.7. The fourth-order valence-electron chi connectivity index (χ4n) is 3.04. The summed E-state index contributed by atoms with van der Waals surface area (Å²) in [7, 11) is 0. The van der Waals surface area contributed by atoms with E-state index in [1.807, 2.05) is 12.1 Å². The van der Waals surface area contributed by atoms with Gasteiger partial charge in [0.25, 0.3) is 5.91 Å². The van der Waals surface area contributed by atoms with Crippen LogP contribution in [0.2, 0.25) is 0 Å². The van der Waals surface area contributed by atoms with Gasteiger partial charge < -0.3 is 15.0 Å². The maximum atomic E-state index is 12.4. The molecule has 1 unspecified atom stereocenters. The number of benzene rings is 2. The molecule has 1 atom stereocenters. The van der Waals surface area contributed by atoms with E-state index in [-0.39, 0.29) is 11.3 Å². The lowest BCUT2D eigenvalue weighted by Gasteiger charge is -2.21. The summed E-state index contributed by atoms with van der Waals surface area (Å²) in [6, 6.07) is 16.3. The van der Waals surface area contributed by atoms with E-state index in [1.165, 1.54) is 11.3 Å². The molecule has 0 aliphatic heterocycles. The second-order valence-electron chi connectivity index (χ2n) is 8.09. The molecular formula is C24H34N2O2. The quantitative estimate of drug-likeness (QED) is 0.705. The van der Waals surface area contributed by atoms with E-state index >= 15 is 0 Å². The smallest absolute Gasteiger partial charge is 0.261 e. The van der Waals surface area contributed by atoms with Crippen molar-refractivity contribution in [1.29, 1.82) is 0 Å². The van der Waals surface area contributed by atoms with Crippen molar-refractivity contribution >= 4 is 11.6 Å². The molecule has 0 aliphatic carbocycles. The number of amides is 1. The lowest BCUT2D eigenvalue weighted by atomic mass is 9.87. The second-order valence-corrected chi connectivity index (χ2v) is 8.09. The van der Waals surface area contributed by atoms with E-state index in [4.69, 9.17) is 4.74 Å². The van der Waals surface area contributed by atoms with Crippen LogP contribution >= 0.6 is 0 Å². The Kier molecular flexibility index (Phi) is 7.50. The Bertz CT molecular complexity index is 742. The summed E-state index contributed by atoms with van der Waals surface area (Å²) >= 11 is 0. The van der Waals surface area contributed by atoms with Crippen molar-refractivity contribution in [3.63, 3.8) is 0 Å². The van der Waals surface area contributed by atoms with Crippen LogP contribution in [-0.4, -0.2) is 25.1 Å². The van der Waals surface area contributed by atoms with Crippen LogP contribution in [0, 0.1) is 0 Å². The van der Waals surface area contributed by atoms with Crippen LogP contribution in [-0.2, 0) is 16.8 Å². The van der Waals surface area contributed by atoms with Crippen LogP contribution < -0.4 is 15.0 Å². The van der Waals surface area contributed by atoms with Gasteiger partial charge in [-0.1, -0.05) is 45.0 Å². The van der Waals surface area contributed by atoms with Crippen molar-refractivity contribution in [3.05, 3.63) is 59.7 Å². The highest BCUT2D eigenvalue weighted by Gasteiger charge is 2.16. The molecule has 0 saturated heterocycles.